The van der Waals surface area contributed by atoms with Crippen LogP contribution in [0.1, 0.15) is 35.6 Å². The molecule has 0 saturated carbocycles. The molecule has 0 radical (unpaired) electrons. The molecule has 1 aliphatic carbocycles. The molecule has 130 valence electrons. The van der Waals surface area contributed by atoms with E-state index in [1.807, 2.05) is 24.3 Å². The Balaban J connectivity index is 2.07. The van der Waals surface area contributed by atoms with Crippen molar-refractivity contribution in [1.29, 1.82) is 5.26 Å². The van der Waals surface area contributed by atoms with E-state index in [-0.39, 0.29) is 22.3 Å². The van der Waals surface area contributed by atoms with E-state index < -0.39 is 10.8 Å². The van der Waals surface area contributed by atoms with Gasteiger partial charge in [-0.05, 0) is 36.5 Å². The van der Waals surface area contributed by atoms with Crippen LogP contribution in [-0.2, 0) is 17.2 Å². The van der Waals surface area contributed by atoms with E-state index in [9.17, 15) is 14.3 Å². The smallest absolute Gasteiger partial charge is 0.270 e. The highest BCUT2D eigenvalue weighted by Crippen LogP contribution is 2.33. The summed E-state index contributed by atoms with van der Waals surface area (Å²) in [4.78, 5) is 21.5. The minimum atomic E-state index is -1.36. The Morgan fingerprint density at radius 1 is 1.35 bits per heavy atom. The number of fused-ring (bicyclic) bond motifs is 2. The van der Waals surface area contributed by atoms with E-state index >= 15 is 0 Å². The fourth-order valence-corrected chi connectivity index (χ4v) is 4.02. The Morgan fingerprint density at radius 3 is 2.92 bits per heavy atom. The number of aryl methyl sites for hydroxylation is 1. The van der Waals surface area contributed by atoms with Gasteiger partial charge in [0.1, 0.15) is 17.3 Å². The third kappa shape index (κ3) is 2.63. The molecule has 2 aromatic heterocycles. The molecular weight excluding hydrogens is 348 g/mol. The maximum Gasteiger partial charge on any atom is 0.270 e. The van der Waals surface area contributed by atoms with Crippen molar-refractivity contribution in [3.05, 3.63) is 63.6 Å². The summed E-state index contributed by atoms with van der Waals surface area (Å²) in [5.74, 6) is 0. The van der Waals surface area contributed by atoms with Crippen molar-refractivity contribution in [2.24, 2.45) is 0 Å². The second-order valence-electron chi connectivity index (χ2n) is 6.34. The van der Waals surface area contributed by atoms with Gasteiger partial charge in [-0.1, -0.05) is 24.3 Å². The number of benzene rings is 1. The average Bonchev–Trinajstić information content (AvgIpc) is 2.67. The van der Waals surface area contributed by atoms with E-state index in [0.717, 1.165) is 24.8 Å². The normalized spacial score (nSPS) is 17.5. The molecule has 2 atom stereocenters. The number of nitrogens with zero attached hydrogens (tertiary/aromatic N) is 4. The molecule has 3 aromatic rings. The van der Waals surface area contributed by atoms with Gasteiger partial charge < -0.3 is 0 Å². The first-order chi connectivity index (χ1) is 12.6. The fraction of sp³-hybridized carbons (Fsp3) is 0.263. The molecule has 0 N–H and O–H groups in total. The number of aromatic nitrogens is 3. The first-order valence-corrected chi connectivity index (χ1v) is 9.89. The Hall–Kier alpha value is -2.85. The zero-order valence-electron chi connectivity index (χ0n) is 14.2. The fourth-order valence-electron chi connectivity index (χ4n) is 3.61. The van der Waals surface area contributed by atoms with Crippen molar-refractivity contribution in [3.8, 4) is 6.07 Å². The molecule has 1 aromatic carbocycles. The largest absolute Gasteiger partial charge is 0.284 e. The van der Waals surface area contributed by atoms with Crippen LogP contribution in [-0.4, -0.2) is 25.0 Å². The summed E-state index contributed by atoms with van der Waals surface area (Å²) in [6.07, 6.45) is 5.74. The first kappa shape index (κ1) is 16.6. The highest BCUT2D eigenvalue weighted by Gasteiger charge is 2.25. The van der Waals surface area contributed by atoms with Crippen molar-refractivity contribution in [1.82, 2.24) is 14.5 Å². The third-order valence-corrected chi connectivity index (χ3v) is 5.49. The highest BCUT2D eigenvalue weighted by molar-refractivity contribution is 7.84. The molecule has 26 heavy (non-hydrogen) atoms. The van der Waals surface area contributed by atoms with Gasteiger partial charge in [0, 0.05) is 17.8 Å². The van der Waals surface area contributed by atoms with Gasteiger partial charge in [0.15, 0.2) is 0 Å². The van der Waals surface area contributed by atoms with Crippen molar-refractivity contribution in [3.63, 3.8) is 0 Å². The lowest BCUT2D eigenvalue weighted by molar-refractivity contribution is 0.486. The van der Waals surface area contributed by atoms with Crippen LogP contribution in [0.25, 0.3) is 11.0 Å². The van der Waals surface area contributed by atoms with Crippen LogP contribution in [0, 0.1) is 11.3 Å². The Kier molecular flexibility index (Phi) is 4.13. The van der Waals surface area contributed by atoms with E-state index in [0.29, 0.717) is 11.0 Å². The van der Waals surface area contributed by atoms with E-state index in [1.165, 1.54) is 24.1 Å². The second-order valence-corrected chi connectivity index (χ2v) is 7.61. The maximum atomic E-state index is 13.0. The molecule has 7 heteroatoms. The van der Waals surface area contributed by atoms with Crippen LogP contribution in [0.5, 0.6) is 0 Å². The summed E-state index contributed by atoms with van der Waals surface area (Å²) in [7, 11) is -1.36. The van der Waals surface area contributed by atoms with Gasteiger partial charge in [0.2, 0.25) is 5.16 Å². The lowest BCUT2D eigenvalue weighted by atomic mass is 9.87. The Labute approximate surface area is 152 Å². The molecule has 0 amide bonds. The first-order valence-electron chi connectivity index (χ1n) is 8.34. The highest BCUT2D eigenvalue weighted by atomic mass is 32.2. The second kappa shape index (κ2) is 6.46. The quantitative estimate of drug-likeness (QED) is 0.651. The monoisotopic (exact) mass is 364 g/mol. The molecule has 0 fully saturated rings. The average molecular weight is 364 g/mol. The zero-order chi connectivity index (χ0) is 18.3. The van der Waals surface area contributed by atoms with E-state index in [4.69, 9.17) is 0 Å². The molecule has 0 spiro atoms. The summed E-state index contributed by atoms with van der Waals surface area (Å²) in [5, 5.41) is 10.2. The zero-order valence-corrected chi connectivity index (χ0v) is 15.0. The van der Waals surface area contributed by atoms with Gasteiger partial charge in [0.25, 0.3) is 5.56 Å². The molecule has 6 nitrogen and oxygen atoms in total. The summed E-state index contributed by atoms with van der Waals surface area (Å²) in [6, 6.07) is 11.3. The van der Waals surface area contributed by atoms with Gasteiger partial charge in [0.05, 0.1) is 16.8 Å². The number of nitriles is 1. The van der Waals surface area contributed by atoms with Crippen molar-refractivity contribution >= 4 is 21.8 Å². The van der Waals surface area contributed by atoms with Gasteiger partial charge in [-0.15, -0.1) is 0 Å². The predicted molar refractivity (Wildman–Crippen MR) is 98.4 cm³/mol. The van der Waals surface area contributed by atoms with Gasteiger partial charge in [-0.2, -0.15) is 5.26 Å². The van der Waals surface area contributed by atoms with Gasteiger partial charge in [-0.25, -0.2) is 9.97 Å². The van der Waals surface area contributed by atoms with Crippen molar-refractivity contribution in [2.45, 2.75) is 30.5 Å². The van der Waals surface area contributed by atoms with Crippen LogP contribution in [0.3, 0.4) is 0 Å². The van der Waals surface area contributed by atoms with Crippen LogP contribution in [0.4, 0.5) is 0 Å². The summed E-state index contributed by atoms with van der Waals surface area (Å²) >= 11 is 0. The molecule has 2 heterocycles. The molecule has 4 rings (SSSR count). The van der Waals surface area contributed by atoms with Crippen LogP contribution in [0.2, 0.25) is 0 Å². The molecule has 2 unspecified atom stereocenters. The standard InChI is InChI=1S/C19H16N4O2S/c1-26(25)19-21-11-14-9-13(10-20)18(24)23(17(14)22-19)16-8-4-6-12-5-2-3-7-15(12)16/h2-3,5,7,9,11,16H,4,6,8H2,1H3. The van der Waals surface area contributed by atoms with Crippen LogP contribution >= 0.6 is 0 Å². The Bertz CT molecular complexity index is 1150. The number of rotatable bonds is 2. The lowest BCUT2D eigenvalue weighted by Crippen LogP contribution is -2.30. The predicted octanol–water partition coefficient (Wildman–Crippen LogP) is 2.33. The maximum absolute atomic E-state index is 13.0. The number of pyridine rings is 1. The summed E-state index contributed by atoms with van der Waals surface area (Å²) < 4.78 is 13.4. The Morgan fingerprint density at radius 2 is 2.15 bits per heavy atom. The van der Waals surface area contributed by atoms with Crippen molar-refractivity contribution in [2.75, 3.05) is 6.26 Å². The molecule has 1 aliphatic rings. The van der Waals surface area contributed by atoms with Crippen LogP contribution in [0.15, 0.2) is 46.5 Å². The summed E-state index contributed by atoms with van der Waals surface area (Å²) in [5.41, 5.74) is 2.41. The topological polar surface area (TPSA) is 88.6 Å². The molecule has 0 saturated heterocycles. The van der Waals surface area contributed by atoms with Gasteiger partial charge in [-0.3, -0.25) is 13.6 Å². The number of hydrogen-bond donors (Lipinski definition) is 0. The van der Waals surface area contributed by atoms with E-state index in [1.54, 1.807) is 4.57 Å². The number of hydrogen-bond acceptors (Lipinski definition) is 5. The van der Waals surface area contributed by atoms with Crippen molar-refractivity contribution < 1.29 is 4.21 Å². The summed E-state index contributed by atoms with van der Waals surface area (Å²) in [6.45, 7) is 0. The van der Waals surface area contributed by atoms with E-state index in [2.05, 4.69) is 16.0 Å². The third-order valence-electron chi connectivity index (χ3n) is 4.78. The molecule has 0 bridgehead atoms. The molecular formula is C19H16N4O2S. The molecule has 0 aliphatic heterocycles. The SMILES string of the molecule is CS(=O)c1ncc2cc(C#N)c(=O)n(C3CCCc4ccccc43)c2n1. The lowest BCUT2D eigenvalue weighted by Gasteiger charge is -2.28. The van der Waals surface area contributed by atoms with Crippen LogP contribution < -0.4 is 5.56 Å². The minimum absolute atomic E-state index is 0.0644. The van der Waals surface area contributed by atoms with Gasteiger partial charge >= 0.3 is 0 Å². The minimum Gasteiger partial charge on any atom is -0.284 e.